The van der Waals surface area contributed by atoms with Gasteiger partial charge in [-0.05, 0) is 62.1 Å². The largest absolute Gasteiger partial charge is 0.504 e. The Morgan fingerprint density at radius 2 is 2.15 bits per heavy atom. The highest BCUT2D eigenvalue weighted by Gasteiger charge is 2.27. The van der Waals surface area contributed by atoms with E-state index in [1.165, 1.54) is 0 Å². The lowest BCUT2D eigenvalue weighted by molar-refractivity contribution is 0.0524. The van der Waals surface area contributed by atoms with Gasteiger partial charge in [-0.1, -0.05) is 12.1 Å². The number of nitrogens with one attached hydrogen (secondary N) is 1. The summed E-state index contributed by atoms with van der Waals surface area (Å²) in [5.41, 5.74) is 4.17. The summed E-state index contributed by atoms with van der Waals surface area (Å²) in [6, 6.07) is 9.49. The number of aliphatic hydroxyl groups is 1. The molecule has 3 heterocycles. The number of aromatic nitrogens is 1. The van der Waals surface area contributed by atoms with Gasteiger partial charge in [-0.25, -0.2) is 14.8 Å². The average molecular weight is 447 g/mol. The van der Waals surface area contributed by atoms with E-state index in [2.05, 4.69) is 15.3 Å². The normalized spacial score (nSPS) is 13.4. The number of hydrogen-bond acceptors (Lipinski definition) is 8. The second kappa shape index (κ2) is 9.70. The Balaban J connectivity index is 1.70. The molecule has 0 spiro atoms. The molecule has 1 aliphatic rings. The van der Waals surface area contributed by atoms with Crippen molar-refractivity contribution < 1.29 is 24.2 Å². The zero-order valence-corrected chi connectivity index (χ0v) is 18.5. The van der Waals surface area contributed by atoms with Gasteiger partial charge in [-0.15, -0.1) is 0 Å². The van der Waals surface area contributed by atoms with Crippen molar-refractivity contribution in [3.05, 3.63) is 64.5 Å². The molecule has 0 fully saturated rings. The summed E-state index contributed by atoms with van der Waals surface area (Å²) < 4.78 is 11.0. The number of aliphatic imine (C=N–C) groups is 1. The molecule has 0 saturated carbocycles. The maximum atomic E-state index is 12.6. The number of pyridine rings is 1. The molecule has 0 atom stereocenters. The molecule has 0 unspecified atom stereocenters. The van der Waals surface area contributed by atoms with Crippen LogP contribution in [0.1, 0.15) is 46.2 Å². The number of anilines is 2. The first kappa shape index (κ1) is 22.3. The van der Waals surface area contributed by atoms with Crippen LogP contribution in [0.3, 0.4) is 0 Å². The summed E-state index contributed by atoms with van der Waals surface area (Å²) in [4.78, 5) is 21.1. The fraction of sp³-hybridized carbons (Fsp3) is 0.240. The van der Waals surface area contributed by atoms with Crippen LogP contribution in [0.2, 0.25) is 0 Å². The van der Waals surface area contributed by atoms with E-state index in [-0.39, 0.29) is 36.2 Å². The molecule has 170 valence electrons. The van der Waals surface area contributed by atoms with Crippen LogP contribution in [0.4, 0.5) is 17.4 Å². The van der Waals surface area contributed by atoms with E-state index in [1.807, 2.05) is 31.2 Å². The molecule has 8 nitrogen and oxygen atoms in total. The Kier molecular flexibility index (Phi) is 6.55. The Bertz CT molecular complexity index is 1240. The van der Waals surface area contributed by atoms with Crippen LogP contribution in [0, 0.1) is 6.92 Å². The topological polar surface area (TPSA) is 117 Å². The minimum atomic E-state index is -0.690. The Morgan fingerprint density at radius 1 is 1.30 bits per heavy atom. The molecule has 4 rings (SSSR count). The summed E-state index contributed by atoms with van der Waals surface area (Å²) >= 11 is 0. The predicted molar refractivity (Wildman–Crippen MR) is 126 cm³/mol. The van der Waals surface area contributed by atoms with Crippen LogP contribution in [-0.2, 0) is 11.2 Å². The van der Waals surface area contributed by atoms with Gasteiger partial charge < -0.3 is 24.7 Å². The highest BCUT2D eigenvalue weighted by molar-refractivity contribution is 6.21. The van der Waals surface area contributed by atoms with E-state index in [1.54, 1.807) is 31.5 Å². The zero-order chi connectivity index (χ0) is 23.4. The molecule has 0 aliphatic carbocycles. The van der Waals surface area contributed by atoms with Crippen molar-refractivity contribution >= 4 is 41.2 Å². The van der Waals surface area contributed by atoms with Crippen LogP contribution in [0.5, 0.6) is 5.75 Å². The number of furan rings is 1. The van der Waals surface area contributed by atoms with Crippen molar-refractivity contribution in [2.45, 2.75) is 26.7 Å². The SMILES string of the molecule is CCOC(=O)c1c(Nc2ccc(CCCO)cc2C)oc(C=C2C=Nc3ncccc32)c1O. The number of carbonyl (C=O) groups is 1. The van der Waals surface area contributed by atoms with Crippen molar-refractivity contribution in [2.24, 2.45) is 4.99 Å². The van der Waals surface area contributed by atoms with Crippen molar-refractivity contribution in [1.29, 1.82) is 0 Å². The van der Waals surface area contributed by atoms with Gasteiger partial charge in [0.25, 0.3) is 0 Å². The van der Waals surface area contributed by atoms with E-state index in [4.69, 9.17) is 14.3 Å². The standard InChI is InChI=1S/C25H25N3O5/c1-3-32-25(31)21-22(30)20(13-17-14-27-23-18(17)7-4-10-26-23)33-24(21)28-19-9-8-16(6-5-11-29)12-15(19)2/h4,7-10,12-14,28-30H,3,5-6,11H2,1-2H3. The van der Waals surface area contributed by atoms with Crippen LogP contribution in [0.15, 0.2) is 45.9 Å². The van der Waals surface area contributed by atoms with E-state index in [0.29, 0.717) is 17.8 Å². The molecule has 8 heteroatoms. The third-order valence-corrected chi connectivity index (χ3v) is 5.26. The summed E-state index contributed by atoms with van der Waals surface area (Å²) in [5, 5.41) is 23.0. The van der Waals surface area contributed by atoms with Gasteiger partial charge in [-0.3, -0.25) is 0 Å². The molecule has 0 radical (unpaired) electrons. The van der Waals surface area contributed by atoms with Crippen molar-refractivity contribution in [3.63, 3.8) is 0 Å². The number of benzene rings is 1. The second-order valence-corrected chi connectivity index (χ2v) is 7.57. The highest BCUT2D eigenvalue weighted by Crippen LogP contribution is 2.39. The van der Waals surface area contributed by atoms with Gasteiger partial charge in [0.15, 0.2) is 22.9 Å². The molecule has 1 aliphatic heterocycles. The molecule has 0 bridgehead atoms. The quantitative estimate of drug-likeness (QED) is 0.425. The third-order valence-electron chi connectivity index (χ3n) is 5.26. The van der Waals surface area contributed by atoms with Crippen molar-refractivity contribution in [1.82, 2.24) is 4.98 Å². The van der Waals surface area contributed by atoms with Gasteiger partial charge in [0, 0.05) is 35.8 Å². The number of aromatic hydroxyl groups is 1. The molecule has 3 N–H and O–H groups in total. The first-order valence-electron chi connectivity index (χ1n) is 10.7. The smallest absolute Gasteiger partial charge is 0.347 e. The van der Waals surface area contributed by atoms with Gasteiger partial charge in [0.1, 0.15) is 0 Å². The summed E-state index contributed by atoms with van der Waals surface area (Å²) in [6.45, 7) is 3.92. The second-order valence-electron chi connectivity index (χ2n) is 7.57. The van der Waals surface area contributed by atoms with Crippen LogP contribution < -0.4 is 5.32 Å². The zero-order valence-electron chi connectivity index (χ0n) is 18.5. The number of rotatable bonds is 8. The van der Waals surface area contributed by atoms with Gasteiger partial charge >= 0.3 is 5.97 Å². The van der Waals surface area contributed by atoms with Crippen LogP contribution in [0.25, 0.3) is 11.6 Å². The number of carbonyl (C=O) groups excluding carboxylic acids is 1. The molecule has 0 amide bonds. The molecular weight excluding hydrogens is 422 g/mol. The molecule has 3 aromatic rings. The van der Waals surface area contributed by atoms with Gasteiger partial charge in [-0.2, -0.15) is 0 Å². The number of aryl methyl sites for hydroxylation is 2. The summed E-state index contributed by atoms with van der Waals surface area (Å²) in [7, 11) is 0. The lowest BCUT2D eigenvalue weighted by atomic mass is 10.1. The number of allylic oxidation sites excluding steroid dienone is 1. The van der Waals surface area contributed by atoms with Crippen molar-refractivity contribution in [3.8, 4) is 5.75 Å². The number of aliphatic hydroxyl groups excluding tert-OH is 1. The van der Waals surface area contributed by atoms with E-state index in [9.17, 15) is 9.90 Å². The number of ether oxygens (including phenoxy) is 1. The molecule has 0 saturated heterocycles. The molecule has 1 aromatic carbocycles. The lowest BCUT2D eigenvalue weighted by Gasteiger charge is -2.10. The Morgan fingerprint density at radius 3 is 2.91 bits per heavy atom. The minimum absolute atomic E-state index is 0.0752. The van der Waals surface area contributed by atoms with Crippen LogP contribution >= 0.6 is 0 Å². The van der Waals surface area contributed by atoms with E-state index in [0.717, 1.165) is 28.8 Å². The fourth-order valence-electron chi connectivity index (χ4n) is 3.63. The molecule has 2 aromatic heterocycles. The monoisotopic (exact) mass is 447 g/mol. The molecular formula is C25H25N3O5. The number of nitrogens with zero attached hydrogens (tertiary/aromatic N) is 2. The number of fused-ring (bicyclic) bond motifs is 1. The fourth-order valence-corrected chi connectivity index (χ4v) is 3.63. The summed E-state index contributed by atoms with van der Waals surface area (Å²) in [6.07, 6.45) is 6.35. The van der Waals surface area contributed by atoms with E-state index < -0.39 is 5.97 Å². The number of hydrogen-bond donors (Lipinski definition) is 3. The molecule has 33 heavy (non-hydrogen) atoms. The first-order chi connectivity index (χ1) is 16.0. The highest BCUT2D eigenvalue weighted by atomic mass is 16.5. The Labute approximate surface area is 191 Å². The van der Waals surface area contributed by atoms with Gasteiger partial charge in [0.2, 0.25) is 5.88 Å². The Hall–Kier alpha value is -3.91. The average Bonchev–Trinajstić information content (AvgIpc) is 3.35. The maximum Gasteiger partial charge on any atom is 0.347 e. The predicted octanol–water partition coefficient (Wildman–Crippen LogP) is 4.79. The first-order valence-corrected chi connectivity index (χ1v) is 10.7. The summed E-state index contributed by atoms with van der Waals surface area (Å²) in [5.74, 6) is -0.228. The van der Waals surface area contributed by atoms with Crippen LogP contribution in [-0.4, -0.2) is 40.6 Å². The van der Waals surface area contributed by atoms with Gasteiger partial charge in [0.05, 0.1) is 6.61 Å². The third kappa shape index (κ3) is 4.65. The maximum absolute atomic E-state index is 12.6. The number of esters is 1. The van der Waals surface area contributed by atoms with Crippen molar-refractivity contribution in [2.75, 3.05) is 18.5 Å². The minimum Gasteiger partial charge on any atom is -0.504 e. The van der Waals surface area contributed by atoms with E-state index >= 15 is 0 Å². The lowest BCUT2D eigenvalue weighted by Crippen LogP contribution is -2.06.